The predicted molar refractivity (Wildman–Crippen MR) is 163 cm³/mol. The molecule has 0 bridgehead atoms. The van der Waals surface area contributed by atoms with E-state index in [0.29, 0.717) is 42.4 Å². The van der Waals surface area contributed by atoms with E-state index in [1.54, 1.807) is 0 Å². The standard InChI is InChI=1S/C35H50N2O5/c1-20(8-13-32(40)37-30(33(41)42)16-21-19-36-29-7-5-4-6-24(21)29)26-11-12-27-25-10-9-22-17-23(38)14-15-34(22,2)28(25)18-31(39)35(26,27)3/h4-7,19-20,22-23,25-28,30-31,36,38-39H,8-18H2,1-3H3,(H,37,40)(H,41,42). The number of aliphatic hydroxyl groups excluding tert-OH is 2. The topological polar surface area (TPSA) is 123 Å². The van der Waals surface area contributed by atoms with Crippen molar-refractivity contribution in [2.24, 2.45) is 46.3 Å². The van der Waals surface area contributed by atoms with Crippen LogP contribution in [0.15, 0.2) is 30.5 Å². The summed E-state index contributed by atoms with van der Waals surface area (Å²) < 4.78 is 0. The highest BCUT2D eigenvalue weighted by molar-refractivity contribution is 5.86. The molecule has 4 aliphatic carbocycles. The van der Waals surface area contributed by atoms with Crippen molar-refractivity contribution in [1.82, 2.24) is 10.3 Å². The van der Waals surface area contributed by atoms with Gasteiger partial charge in [-0.2, -0.15) is 0 Å². The van der Waals surface area contributed by atoms with Crippen LogP contribution in [-0.4, -0.2) is 50.4 Å². The molecule has 11 atom stereocenters. The van der Waals surface area contributed by atoms with Gasteiger partial charge in [-0.05, 0) is 116 Å². The van der Waals surface area contributed by atoms with Crippen LogP contribution in [0, 0.1) is 46.3 Å². The van der Waals surface area contributed by atoms with Crippen molar-refractivity contribution in [2.45, 2.75) is 110 Å². The van der Waals surface area contributed by atoms with Crippen LogP contribution in [0.4, 0.5) is 0 Å². The number of benzene rings is 1. The van der Waals surface area contributed by atoms with E-state index >= 15 is 0 Å². The molecule has 11 unspecified atom stereocenters. The first-order valence-electron chi connectivity index (χ1n) is 16.5. The Kier molecular flexibility index (Phi) is 7.97. The van der Waals surface area contributed by atoms with Gasteiger partial charge in [-0.1, -0.05) is 39.0 Å². The number of fused-ring (bicyclic) bond motifs is 6. The molecule has 1 amide bonds. The smallest absolute Gasteiger partial charge is 0.326 e. The number of carbonyl (C=O) groups is 2. The van der Waals surface area contributed by atoms with Gasteiger partial charge in [-0.3, -0.25) is 4.79 Å². The van der Waals surface area contributed by atoms with E-state index in [9.17, 15) is 24.9 Å². The molecule has 4 saturated carbocycles. The maximum absolute atomic E-state index is 13.0. The van der Waals surface area contributed by atoms with Gasteiger partial charge in [0.1, 0.15) is 6.04 Å². The second-order valence-electron chi connectivity index (χ2n) is 14.9. The zero-order valence-electron chi connectivity index (χ0n) is 25.5. The summed E-state index contributed by atoms with van der Waals surface area (Å²) in [5, 5.41) is 35.8. The van der Waals surface area contributed by atoms with Crippen molar-refractivity contribution >= 4 is 22.8 Å². The summed E-state index contributed by atoms with van der Waals surface area (Å²) >= 11 is 0. The maximum atomic E-state index is 13.0. The Morgan fingerprint density at radius 3 is 2.62 bits per heavy atom. The van der Waals surface area contributed by atoms with Crippen LogP contribution < -0.4 is 5.32 Å². The van der Waals surface area contributed by atoms with Crippen molar-refractivity contribution in [3.8, 4) is 0 Å². The lowest BCUT2D eigenvalue weighted by atomic mass is 9.43. The van der Waals surface area contributed by atoms with Crippen LogP contribution in [0.3, 0.4) is 0 Å². The zero-order valence-corrected chi connectivity index (χ0v) is 25.5. The third-order valence-corrected chi connectivity index (χ3v) is 13.1. The Morgan fingerprint density at radius 2 is 1.83 bits per heavy atom. The van der Waals surface area contributed by atoms with Crippen molar-refractivity contribution in [3.63, 3.8) is 0 Å². The summed E-state index contributed by atoms with van der Waals surface area (Å²) in [5.41, 5.74) is 1.91. The number of amides is 1. The minimum absolute atomic E-state index is 0.145. The second-order valence-corrected chi connectivity index (χ2v) is 14.9. The van der Waals surface area contributed by atoms with Crippen molar-refractivity contribution in [2.75, 3.05) is 0 Å². The van der Waals surface area contributed by atoms with Gasteiger partial charge in [0.15, 0.2) is 0 Å². The second kappa shape index (κ2) is 11.3. The van der Waals surface area contributed by atoms with Crippen LogP contribution in [0.5, 0.6) is 0 Å². The van der Waals surface area contributed by atoms with Crippen LogP contribution >= 0.6 is 0 Å². The Morgan fingerprint density at radius 1 is 1.05 bits per heavy atom. The van der Waals surface area contributed by atoms with Gasteiger partial charge in [-0.15, -0.1) is 0 Å². The monoisotopic (exact) mass is 578 g/mol. The number of aliphatic carboxylic acids is 1. The van der Waals surface area contributed by atoms with Gasteiger partial charge in [0.2, 0.25) is 5.91 Å². The molecule has 230 valence electrons. The molecule has 4 aliphatic rings. The third kappa shape index (κ3) is 4.98. The maximum Gasteiger partial charge on any atom is 0.326 e. The summed E-state index contributed by atoms with van der Waals surface area (Å²) in [7, 11) is 0. The molecule has 1 aromatic carbocycles. The highest BCUT2D eigenvalue weighted by Gasteiger charge is 2.63. The molecule has 6 rings (SSSR count). The fourth-order valence-corrected chi connectivity index (χ4v) is 10.7. The summed E-state index contributed by atoms with van der Waals surface area (Å²) in [5.74, 6) is 1.62. The van der Waals surface area contributed by atoms with E-state index in [2.05, 4.69) is 31.1 Å². The lowest BCUT2D eigenvalue weighted by Crippen LogP contribution is -2.58. The Bertz CT molecular complexity index is 1310. The molecule has 0 radical (unpaired) electrons. The number of hydrogen-bond donors (Lipinski definition) is 5. The van der Waals surface area contributed by atoms with Gasteiger partial charge in [-0.25, -0.2) is 4.79 Å². The van der Waals surface area contributed by atoms with Crippen LogP contribution in [0.1, 0.15) is 90.5 Å². The fraction of sp³-hybridized carbons (Fsp3) is 0.714. The van der Waals surface area contributed by atoms with Crippen molar-refractivity contribution < 1.29 is 24.9 Å². The van der Waals surface area contributed by atoms with Crippen LogP contribution in [0.25, 0.3) is 10.9 Å². The highest BCUT2D eigenvalue weighted by Crippen LogP contribution is 2.68. The van der Waals surface area contributed by atoms with E-state index in [1.807, 2.05) is 30.5 Å². The van der Waals surface area contributed by atoms with E-state index in [0.717, 1.165) is 55.0 Å². The average Bonchev–Trinajstić information content (AvgIpc) is 3.54. The summed E-state index contributed by atoms with van der Waals surface area (Å²) in [4.78, 5) is 28.3. The Labute approximate surface area is 249 Å². The minimum atomic E-state index is -1.02. The van der Waals surface area contributed by atoms with Gasteiger partial charge in [0.05, 0.1) is 12.2 Å². The van der Waals surface area contributed by atoms with E-state index in [4.69, 9.17) is 0 Å². The van der Waals surface area contributed by atoms with Crippen molar-refractivity contribution in [1.29, 1.82) is 0 Å². The number of carboxylic acids is 1. The summed E-state index contributed by atoms with van der Waals surface area (Å²) in [6, 6.07) is 6.81. The fourth-order valence-electron chi connectivity index (χ4n) is 10.7. The Balaban J connectivity index is 1.08. The quantitative estimate of drug-likeness (QED) is 0.276. The lowest BCUT2D eigenvalue weighted by Gasteiger charge is -2.62. The van der Waals surface area contributed by atoms with Gasteiger partial charge in [0.25, 0.3) is 0 Å². The summed E-state index contributed by atoms with van der Waals surface area (Å²) in [6.45, 7) is 7.01. The third-order valence-electron chi connectivity index (χ3n) is 13.1. The van der Waals surface area contributed by atoms with E-state index in [1.165, 1.54) is 12.8 Å². The van der Waals surface area contributed by atoms with Gasteiger partial charge >= 0.3 is 5.97 Å². The first-order chi connectivity index (χ1) is 20.0. The molecule has 0 aliphatic heterocycles. The number of aliphatic hydroxyl groups is 2. The molecule has 1 heterocycles. The molecule has 42 heavy (non-hydrogen) atoms. The number of carbonyl (C=O) groups excluding carboxylic acids is 1. The summed E-state index contributed by atoms with van der Waals surface area (Å²) in [6.07, 6.45) is 10.9. The number of para-hydroxylation sites is 1. The molecule has 0 spiro atoms. The number of aromatic nitrogens is 1. The van der Waals surface area contributed by atoms with E-state index < -0.39 is 12.0 Å². The largest absolute Gasteiger partial charge is 0.480 e. The molecule has 5 N–H and O–H groups in total. The number of nitrogens with one attached hydrogen (secondary N) is 2. The van der Waals surface area contributed by atoms with Gasteiger partial charge < -0.3 is 25.6 Å². The number of carboxylic acid groups (broad SMARTS) is 1. The molecule has 2 aromatic rings. The SMILES string of the molecule is CC(CCC(=O)NC(Cc1c[nH]c2ccccc12)C(=O)O)C1CCC2C3CCC4CC(O)CCC4(C)C3CC(O)C12C. The van der Waals surface area contributed by atoms with Crippen molar-refractivity contribution in [3.05, 3.63) is 36.0 Å². The number of aromatic amines is 1. The predicted octanol–water partition coefficient (Wildman–Crippen LogP) is 5.69. The molecule has 7 nitrogen and oxygen atoms in total. The molecule has 1 aromatic heterocycles. The zero-order chi connectivity index (χ0) is 29.8. The number of rotatable bonds is 8. The molecular formula is C35H50N2O5. The Hall–Kier alpha value is -2.38. The number of H-pyrrole nitrogens is 1. The molecule has 4 fully saturated rings. The minimum Gasteiger partial charge on any atom is -0.480 e. The molecular weight excluding hydrogens is 528 g/mol. The first-order valence-corrected chi connectivity index (χ1v) is 16.5. The molecule has 0 saturated heterocycles. The van der Waals surface area contributed by atoms with Gasteiger partial charge in [0, 0.05) is 29.9 Å². The first kappa shape index (κ1) is 29.7. The van der Waals surface area contributed by atoms with E-state index in [-0.39, 0.29) is 41.3 Å². The normalized spacial score (nSPS) is 39.1. The highest BCUT2D eigenvalue weighted by atomic mass is 16.4. The number of hydrogen-bond acceptors (Lipinski definition) is 4. The lowest BCUT2D eigenvalue weighted by molar-refractivity contribution is -0.175. The molecule has 7 heteroatoms. The average molecular weight is 579 g/mol. The van der Waals surface area contributed by atoms with Crippen LogP contribution in [-0.2, 0) is 16.0 Å². The van der Waals surface area contributed by atoms with Crippen LogP contribution in [0.2, 0.25) is 0 Å².